The standard InChI is InChI=1S/C15H21N3O3/c1-15(2,14(16)18-20)9-17-13(19)11-7-10-5-3-4-6-12(10)21-8-11/h3-6,11,20H,7-9H2,1-2H3,(H2,16,18)(H,17,19). The van der Waals surface area contributed by atoms with E-state index in [0.29, 0.717) is 19.6 Å². The van der Waals surface area contributed by atoms with Crippen molar-refractivity contribution in [3.63, 3.8) is 0 Å². The Morgan fingerprint density at radius 1 is 1.52 bits per heavy atom. The summed E-state index contributed by atoms with van der Waals surface area (Å²) in [7, 11) is 0. The van der Waals surface area contributed by atoms with Gasteiger partial charge in [0.15, 0.2) is 0 Å². The molecule has 0 bridgehead atoms. The van der Waals surface area contributed by atoms with Gasteiger partial charge in [-0.1, -0.05) is 37.2 Å². The molecule has 0 radical (unpaired) electrons. The lowest BCUT2D eigenvalue weighted by Crippen LogP contribution is -2.45. The summed E-state index contributed by atoms with van der Waals surface area (Å²) < 4.78 is 5.61. The zero-order chi connectivity index (χ0) is 15.5. The van der Waals surface area contributed by atoms with E-state index in [-0.39, 0.29) is 17.7 Å². The topological polar surface area (TPSA) is 96.9 Å². The molecular formula is C15H21N3O3. The molecule has 6 nitrogen and oxygen atoms in total. The molecule has 1 unspecified atom stereocenters. The molecule has 0 fully saturated rings. The number of hydrogen-bond acceptors (Lipinski definition) is 4. The molecule has 0 aliphatic carbocycles. The van der Waals surface area contributed by atoms with Crippen LogP contribution in [0.1, 0.15) is 19.4 Å². The Morgan fingerprint density at radius 2 is 2.24 bits per heavy atom. The van der Waals surface area contributed by atoms with E-state index < -0.39 is 5.41 Å². The first-order chi connectivity index (χ1) is 9.94. The maximum atomic E-state index is 12.2. The minimum Gasteiger partial charge on any atom is -0.492 e. The molecule has 2 rings (SSSR count). The van der Waals surface area contributed by atoms with E-state index in [1.165, 1.54) is 0 Å². The maximum absolute atomic E-state index is 12.2. The summed E-state index contributed by atoms with van der Waals surface area (Å²) in [6, 6.07) is 7.73. The third-order valence-electron chi connectivity index (χ3n) is 3.76. The van der Waals surface area contributed by atoms with Gasteiger partial charge in [-0.05, 0) is 18.1 Å². The fourth-order valence-electron chi connectivity index (χ4n) is 2.17. The van der Waals surface area contributed by atoms with E-state index in [0.717, 1.165) is 11.3 Å². The van der Waals surface area contributed by atoms with Crippen LogP contribution in [-0.4, -0.2) is 30.1 Å². The lowest BCUT2D eigenvalue weighted by molar-refractivity contribution is -0.126. The number of amidine groups is 1. The van der Waals surface area contributed by atoms with Gasteiger partial charge >= 0.3 is 0 Å². The number of nitrogens with two attached hydrogens (primary N) is 1. The van der Waals surface area contributed by atoms with E-state index >= 15 is 0 Å². The molecule has 1 amide bonds. The van der Waals surface area contributed by atoms with Crippen molar-refractivity contribution in [1.29, 1.82) is 0 Å². The van der Waals surface area contributed by atoms with Crippen LogP contribution < -0.4 is 15.8 Å². The van der Waals surface area contributed by atoms with Gasteiger partial charge in [0.05, 0.1) is 5.92 Å². The van der Waals surface area contributed by atoms with Crippen molar-refractivity contribution in [2.75, 3.05) is 13.2 Å². The first kappa shape index (κ1) is 15.2. The van der Waals surface area contributed by atoms with Gasteiger partial charge in [-0.15, -0.1) is 0 Å². The van der Waals surface area contributed by atoms with Crippen molar-refractivity contribution in [1.82, 2.24) is 5.32 Å². The van der Waals surface area contributed by atoms with Crippen LogP contribution in [-0.2, 0) is 11.2 Å². The highest BCUT2D eigenvalue weighted by atomic mass is 16.5. The van der Waals surface area contributed by atoms with Crippen molar-refractivity contribution in [3.05, 3.63) is 29.8 Å². The predicted octanol–water partition coefficient (Wildman–Crippen LogP) is 1.13. The summed E-state index contributed by atoms with van der Waals surface area (Å²) in [6.07, 6.45) is 0.659. The third-order valence-corrected chi connectivity index (χ3v) is 3.76. The number of carbonyl (C=O) groups excluding carboxylic acids is 1. The van der Waals surface area contributed by atoms with Gasteiger partial charge in [0.25, 0.3) is 0 Å². The van der Waals surface area contributed by atoms with Crippen molar-refractivity contribution >= 4 is 11.7 Å². The van der Waals surface area contributed by atoms with Crippen molar-refractivity contribution in [3.8, 4) is 5.75 Å². The Balaban J connectivity index is 1.94. The molecule has 21 heavy (non-hydrogen) atoms. The van der Waals surface area contributed by atoms with E-state index in [9.17, 15) is 4.79 Å². The van der Waals surface area contributed by atoms with Crippen LogP contribution in [0.3, 0.4) is 0 Å². The van der Waals surface area contributed by atoms with Gasteiger partial charge in [0, 0.05) is 12.0 Å². The van der Waals surface area contributed by atoms with Crippen molar-refractivity contribution < 1.29 is 14.7 Å². The Kier molecular flexibility index (Phi) is 4.35. The number of carbonyl (C=O) groups is 1. The first-order valence-electron chi connectivity index (χ1n) is 6.90. The number of para-hydroxylation sites is 1. The number of nitrogens with one attached hydrogen (secondary N) is 1. The summed E-state index contributed by atoms with van der Waals surface area (Å²) in [5, 5.41) is 14.6. The van der Waals surface area contributed by atoms with E-state index in [4.69, 9.17) is 15.7 Å². The quantitative estimate of drug-likeness (QED) is 0.335. The largest absolute Gasteiger partial charge is 0.492 e. The minimum absolute atomic E-state index is 0.0803. The summed E-state index contributed by atoms with van der Waals surface area (Å²) >= 11 is 0. The summed E-state index contributed by atoms with van der Waals surface area (Å²) in [5.41, 5.74) is 6.04. The molecule has 1 aliphatic rings. The molecule has 4 N–H and O–H groups in total. The normalized spacial score (nSPS) is 18.6. The van der Waals surface area contributed by atoms with Gasteiger partial charge < -0.3 is 21.0 Å². The Hall–Kier alpha value is -2.24. The van der Waals surface area contributed by atoms with Gasteiger partial charge in [-0.2, -0.15) is 0 Å². The number of hydrogen-bond donors (Lipinski definition) is 3. The number of amides is 1. The molecule has 0 saturated heterocycles. The van der Waals surface area contributed by atoms with Crippen molar-refractivity contribution in [2.45, 2.75) is 20.3 Å². The minimum atomic E-state index is -0.599. The lowest BCUT2D eigenvalue weighted by atomic mass is 9.91. The van der Waals surface area contributed by atoms with Gasteiger partial charge in [-0.25, -0.2) is 0 Å². The summed E-state index contributed by atoms with van der Waals surface area (Å²) in [4.78, 5) is 12.2. The molecule has 6 heteroatoms. The monoisotopic (exact) mass is 291 g/mol. The Morgan fingerprint density at radius 3 is 2.95 bits per heavy atom. The molecule has 0 saturated carbocycles. The van der Waals surface area contributed by atoms with Gasteiger partial charge in [0.1, 0.15) is 18.2 Å². The number of nitrogens with zero attached hydrogens (tertiary/aromatic N) is 1. The van der Waals surface area contributed by atoms with Crippen LogP contribution in [0.15, 0.2) is 29.4 Å². The molecule has 1 aliphatic heterocycles. The molecular weight excluding hydrogens is 270 g/mol. The average Bonchev–Trinajstić information content (AvgIpc) is 2.51. The maximum Gasteiger partial charge on any atom is 0.226 e. The molecule has 1 aromatic carbocycles. The molecule has 0 spiro atoms. The number of rotatable bonds is 4. The van der Waals surface area contributed by atoms with Crippen molar-refractivity contribution in [2.24, 2.45) is 22.2 Å². The van der Waals surface area contributed by atoms with E-state index in [1.807, 2.05) is 24.3 Å². The van der Waals surface area contributed by atoms with Gasteiger partial charge in [0.2, 0.25) is 5.91 Å². The molecule has 1 heterocycles. The van der Waals surface area contributed by atoms with Crippen LogP contribution in [0.4, 0.5) is 0 Å². The van der Waals surface area contributed by atoms with Crippen LogP contribution >= 0.6 is 0 Å². The second-order valence-electron chi connectivity index (χ2n) is 5.91. The summed E-state index contributed by atoms with van der Waals surface area (Å²) in [6.45, 7) is 4.27. The van der Waals surface area contributed by atoms with E-state index in [1.54, 1.807) is 13.8 Å². The Labute approximate surface area is 124 Å². The highest BCUT2D eigenvalue weighted by Gasteiger charge is 2.29. The number of ether oxygens (including phenoxy) is 1. The number of oxime groups is 1. The zero-order valence-electron chi connectivity index (χ0n) is 12.3. The van der Waals surface area contributed by atoms with Crippen LogP contribution in [0, 0.1) is 11.3 Å². The number of fused-ring (bicyclic) bond motifs is 1. The van der Waals surface area contributed by atoms with Crippen LogP contribution in [0.25, 0.3) is 0 Å². The highest BCUT2D eigenvalue weighted by molar-refractivity contribution is 5.86. The lowest BCUT2D eigenvalue weighted by Gasteiger charge is -2.27. The summed E-state index contributed by atoms with van der Waals surface area (Å²) in [5.74, 6) is 0.637. The second-order valence-corrected chi connectivity index (χ2v) is 5.91. The van der Waals surface area contributed by atoms with Crippen LogP contribution in [0.5, 0.6) is 5.75 Å². The molecule has 1 atom stereocenters. The van der Waals surface area contributed by atoms with Crippen LogP contribution in [0.2, 0.25) is 0 Å². The van der Waals surface area contributed by atoms with E-state index in [2.05, 4.69) is 10.5 Å². The molecule has 114 valence electrons. The Bertz CT molecular complexity index is 555. The fourth-order valence-corrected chi connectivity index (χ4v) is 2.17. The predicted molar refractivity (Wildman–Crippen MR) is 79.3 cm³/mol. The SMILES string of the molecule is CC(C)(CNC(=O)C1COc2ccccc2C1)/C(N)=N/O. The zero-order valence-corrected chi connectivity index (χ0v) is 12.3. The fraction of sp³-hybridized carbons (Fsp3) is 0.467. The second kappa shape index (κ2) is 6.03. The smallest absolute Gasteiger partial charge is 0.226 e. The average molecular weight is 291 g/mol. The molecule has 1 aromatic rings. The van der Waals surface area contributed by atoms with Gasteiger partial charge in [-0.3, -0.25) is 4.79 Å². The highest BCUT2D eigenvalue weighted by Crippen LogP contribution is 2.27. The third kappa shape index (κ3) is 3.45. The first-order valence-corrected chi connectivity index (χ1v) is 6.90. The molecule has 0 aromatic heterocycles. The number of benzene rings is 1.